The van der Waals surface area contributed by atoms with Crippen LogP contribution in [-0.2, 0) is 34.4 Å². The number of nitriles is 1. The Morgan fingerprint density at radius 3 is 2.60 bits per heavy atom. The molecule has 1 fully saturated rings. The summed E-state index contributed by atoms with van der Waals surface area (Å²) in [6.45, 7) is 5.97. The lowest BCUT2D eigenvalue weighted by molar-refractivity contribution is -0.141. The summed E-state index contributed by atoms with van der Waals surface area (Å²) in [4.78, 5) is 57.8. The van der Waals surface area contributed by atoms with Crippen LogP contribution in [-0.4, -0.2) is 62.6 Å². The van der Waals surface area contributed by atoms with E-state index in [1.165, 1.54) is 14.2 Å². The van der Waals surface area contributed by atoms with Crippen LogP contribution in [0.3, 0.4) is 0 Å². The van der Waals surface area contributed by atoms with Crippen LogP contribution in [0.15, 0.2) is 33.9 Å². The topological polar surface area (TPSA) is 153 Å². The number of amides is 1. The third-order valence-corrected chi connectivity index (χ3v) is 6.62. The van der Waals surface area contributed by atoms with Crippen molar-refractivity contribution in [2.75, 3.05) is 25.1 Å². The third kappa shape index (κ3) is 5.85. The van der Waals surface area contributed by atoms with E-state index in [1.807, 2.05) is 4.90 Å². The zero-order chi connectivity index (χ0) is 29.2. The number of fused-ring (bicyclic) bond motifs is 1. The molecule has 2 aromatic heterocycles. The molecule has 1 amide bonds. The Morgan fingerprint density at radius 2 is 1.93 bits per heavy atom. The van der Waals surface area contributed by atoms with Crippen molar-refractivity contribution in [3.05, 3.63) is 56.2 Å². The number of ether oxygens (including phenoxy) is 2. The van der Waals surface area contributed by atoms with Crippen LogP contribution in [0.1, 0.15) is 44.7 Å². The summed E-state index contributed by atoms with van der Waals surface area (Å²) in [5, 5.41) is 12.6. The van der Waals surface area contributed by atoms with Crippen molar-refractivity contribution in [1.29, 1.82) is 5.26 Å². The Hall–Kier alpha value is -4.60. The van der Waals surface area contributed by atoms with Gasteiger partial charge in [0, 0.05) is 26.2 Å². The van der Waals surface area contributed by atoms with Gasteiger partial charge in [-0.25, -0.2) is 9.59 Å². The van der Waals surface area contributed by atoms with Gasteiger partial charge in [0.1, 0.15) is 12.1 Å². The molecule has 0 aliphatic carbocycles. The number of rotatable bonds is 6. The van der Waals surface area contributed by atoms with E-state index < -0.39 is 35.5 Å². The molecule has 13 nitrogen and oxygen atoms in total. The first-order chi connectivity index (χ1) is 18.9. The molecule has 1 atom stereocenters. The second kappa shape index (κ2) is 11.3. The van der Waals surface area contributed by atoms with Crippen molar-refractivity contribution in [3.63, 3.8) is 0 Å². The number of carbonyl (C=O) groups excluding carboxylic acids is 2. The Balaban J connectivity index is 1.85. The Labute approximate surface area is 230 Å². The van der Waals surface area contributed by atoms with Crippen LogP contribution >= 0.6 is 0 Å². The van der Waals surface area contributed by atoms with Crippen molar-refractivity contribution in [1.82, 2.24) is 24.0 Å². The van der Waals surface area contributed by atoms with Crippen molar-refractivity contribution in [2.45, 2.75) is 58.3 Å². The van der Waals surface area contributed by atoms with Gasteiger partial charge in [-0.2, -0.15) is 10.2 Å². The summed E-state index contributed by atoms with van der Waals surface area (Å²) < 4.78 is 13.9. The number of methoxy groups -OCH3 is 1. The molecule has 0 saturated carbocycles. The van der Waals surface area contributed by atoms with Crippen molar-refractivity contribution >= 4 is 29.2 Å². The highest BCUT2D eigenvalue weighted by molar-refractivity contribution is 5.77. The molecule has 1 aliphatic heterocycles. The molecule has 1 aromatic carbocycles. The first-order valence-electron chi connectivity index (χ1n) is 12.9. The van der Waals surface area contributed by atoms with E-state index in [9.17, 15) is 24.4 Å². The van der Waals surface area contributed by atoms with Gasteiger partial charge in [0.05, 0.1) is 25.3 Å². The standard InChI is InChI=1S/C27H33N7O6/c1-27(2,3)40-25(37)29-19-11-8-12-32(15-19)24-30-22-21(33(24)14-18-10-7-6-9-17(18)13-28)23(36)31(4)26(38)34(22)16-20(35)39-5/h6-7,9-10,19H,8,11-12,14-16H2,1-5H3,(H,29,37). The number of hydrogen-bond acceptors (Lipinski definition) is 9. The predicted molar refractivity (Wildman–Crippen MR) is 146 cm³/mol. The fourth-order valence-corrected chi connectivity index (χ4v) is 4.76. The maximum absolute atomic E-state index is 13.5. The Bertz CT molecular complexity index is 1600. The highest BCUT2D eigenvalue weighted by Gasteiger charge is 2.30. The van der Waals surface area contributed by atoms with Crippen LogP contribution in [0.5, 0.6) is 0 Å². The molecule has 40 heavy (non-hydrogen) atoms. The zero-order valence-electron chi connectivity index (χ0n) is 23.3. The molecule has 1 N–H and O–H groups in total. The minimum atomic E-state index is -0.709. The summed E-state index contributed by atoms with van der Waals surface area (Å²) in [6.07, 6.45) is 0.893. The molecule has 1 unspecified atom stereocenters. The SMILES string of the molecule is COC(=O)Cn1c(=O)n(C)c(=O)c2c1nc(N1CCCC(NC(=O)OC(C)(C)C)C1)n2Cc1ccccc1C#N. The number of imidazole rings is 1. The third-order valence-electron chi connectivity index (χ3n) is 6.62. The van der Waals surface area contributed by atoms with Gasteiger partial charge in [0.25, 0.3) is 5.56 Å². The van der Waals surface area contributed by atoms with Crippen LogP contribution < -0.4 is 21.5 Å². The van der Waals surface area contributed by atoms with Gasteiger partial charge in [-0.3, -0.25) is 23.3 Å². The van der Waals surface area contributed by atoms with Crippen molar-refractivity contribution in [2.24, 2.45) is 7.05 Å². The minimum Gasteiger partial charge on any atom is -0.468 e. The average Bonchev–Trinajstić information content (AvgIpc) is 3.28. The van der Waals surface area contributed by atoms with E-state index in [4.69, 9.17) is 14.5 Å². The first kappa shape index (κ1) is 28.4. The molecule has 4 rings (SSSR count). The maximum Gasteiger partial charge on any atom is 0.407 e. The van der Waals surface area contributed by atoms with E-state index in [1.54, 1.807) is 49.6 Å². The van der Waals surface area contributed by atoms with E-state index in [0.717, 1.165) is 9.13 Å². The van der Waals surface area contributed by atoms with Crippen LogP contribution in [0.2, 0.25) is 0 Å². The Kier molecular flexibility index (Phi) is 7.99. The number of anilines is 1. The number of hydrogen-bond donors (Lipinski definition) is 1. The lowest BCUT2D eigenvalue weighted by Gasteiger charge is -2.34. The summed E-state index contributed by atoms with van der Waals surface area (Å²) in [7, 11) is 2.54. The summed E-state index contributed by atoms with van der Waals surface area (Å²) in [6, 6.07) is 8.92. The van der Waals surface area contributed by atoms with Crippen LogP contribution in [0.4, 0.5) is 10.7 Å². The number of nitrogens with one attached hydrogen (secondary N) is 1. The summed E-state index contributed by atoms with van der Waals surface area (Å²) >= 11 is 0. The first-order valence-corrected chi connectivity index (χ1v) is 12.9. The fraction of sp³-hybridized carbons (Fsp3) is 0.481. The second-order valence-corrected chi connectivity index (χ2v) is 10.7. The number of aromatic nitrogens is 4. The largest absolute Gasteiger partial charge is 0.468 e. The molecule has 1 aliphatic rings. The number of piperidine rings is 1. The average molecular weight is 552 g/mol. The molecule has 0 spiro atoms. The molecule has 3 aromatic rings. The van der Waals surface area contributed by atoms with Gasteiger partial charge in [0.2, 0.25) is 5.95 Å². The summed E-state index contributed by atoms with van der Waals surface area (Å²) in [5.74, 6) is -0.299. The van der Waals surface area contributed by atoms with Crippen molar-refractivity contribution < 1.29 is 19.1 Å². The van der Waals surface area contributed by atoms with Crippen LogP contribution in [0.25, 0.3) is 11.2 Å². The molecule has 1 saturated heterocycles. The lowest BCUT2D eigenvalue weighted by Crippen LogP contribution is -2.49. The quantitative estimate of drug-likeness (QED) is 0.449. The predicted octanol–water partition coefficient (Wildman–Crippen LogP) is 1.48. The van der Waals surface area contributed by atoms with Gasteiger partial charge in [-0.15, -0.1) is 0 Å². The lowest BCUT2D eigenvalue weighted by atomic mass is 10.1. The number of benzene rings is 1. The second-order valence-electron chi connectivity index (χ2n) is 10.7. The molecular formula is C27H33N7O6. The highest BCUT2D eigenvalue weighted by Crippen LogP contribution is 2.26. The molecular weight excluding hydrogens is 518 g/mol. The van der Waals surface area contributed by atoms with Crippen LogP contribution in [0, 0.1) is 11.3 Å². The molecule has 0 bridgehead atoms. The molecule has 13 heteroatoms. The van der Waals surface area contributed by atoms with Gasteiger partial charge in [0.15, 0.2) is 11.2 Å². The smallest absolute Gasteiger partial charge is 0.407 e. The molecule has 3 heterocycles. The number of carbonyl (C=O) groups is 2. The highest BCUT2D eigenvalue weighted by atomic mass is 16.6. The van der Waals surface area contributed by atoms with E-state index >= 15 is 0 Å². The maximum atomic E-state index is 13.5. The zero-order valence-corrected chi connectivity index (χ0v) is 23.3. The van der Waals surface area contributed by atoms with E-state index in [0.29, 0.717) is 43.0 Å². The normalized spacial score (nSPS) is 15.5. The van der Waals surface area contributed by atoms with E-state index in [-0.39, 0.29) is 23.8 Å². The van der Waals surface area contributed by atoms with E-state index in [2.05, 4.69) is 11.4 Å². The number of nitrogens with zero attached hydrogens (tertiary/aromatic N) is 6. The van der Waals surface area contributed by atoms with Gasteiger partial charge in [-0.05, 0) is 45.2 Å². The van der Waals surface area contributed by atoms with Crippen molar-refractivity contribution in [3.8, 4) is 6.07 Å². The summed E-state index contributed by atoms with van der Waals surface area (Å²) in [5.41, 5.74) is -0.725. The number of esters is 1. The molecule has 0 radical (unpaired) electrons. The molecule has 212 valence electrons. The minimum absolute atomic E-state index is 0.0326. The number of alkyl carbamates (subject to hydrolysis) is 1. The van der Waals surface area contributed by atoms with Gasteiger partial charge >= 0.3 is 17.8 Å². The monoisotopic (exact) mass is 551 g/mol. The van der Waals surface area contributed by atoms with Gasteiger partial charge in [-0.1, -0.05) is 18.2 Å². The Morgan fingerprint density at radius 1 is 1.20 bits per heavy atom. The fourth-order valence-electron chi connectivity index (χ4n) is 4.76. The van der Waals surface area contributed by atoms with Gasteiger partial charge < -0.3 is 19.7 Å².